The Labute approximate surface area is 152 Å². The van der Waals surface area contributed by atoms with Gasteiger partial charge in [0.25, 0.3) is 0 Å². The van der Waals surface area contributed by atoms with Crippen LogP contribution in [-0.4, -0.2) is 52.9 Å². The first-order valence-corrected chi connectivity index (χ1v) is 8.33. The van der Waals surface area contributed by atoms with Crippen molar-refractivity contribution in [2.75, 3.05) is 13.1 Å². The molecule has 1 aliphatic rings. The molecular formula is C18H24N2O6. The Morgan fingerprint density at radius 3 is 2.42 bits per heavy atom. The molecule has 2 rings (SSSR count). The van der Waals surface area contributed by atoms with Crippen LogP contribution in [0.3, 0.4) is 0 Å². The second-order valence-corrected chi connectivity index (χ2v) is 7.14. The number of carboxylic acids is 1. The molecule has 0 radical (unpaired) electrons. The number of benzene rings is 1. The van der Waals surface area contributed by atoms with Crippen molar-refractivity contribution in [2.24, 2.45) is 5.92 Å². The minimum atomic E-state index is -1.09. The van der Waals surface area contributed by atoms with Crippen molar-refractivity contribution < 1.29 is 29.0 Å². The van der Waals surface area contributed by atoms with Gasteiger partial charge in [0, 0.05) is 13.1 Å². The van der Waals surface area contributed by atoms with Crippen LogP contribution in [0.5, 0.6) is 0 Å². The van der Waals surface area contributed by atoms with Crippen LogP contribution < -0.4 is 5.32 Å². The fourth-order valence-electron chi connectivity index (χ4n) is 2.62. The lowest BCUT2D eigenvalue weighted by atomic mass is 10.0. The third-order valence-electron chi connectivity index (χ3n) is 3.80. The van der Waals surface area contributed by atoms with Crippen molar-refractivity contribution in [3.8, 4) is 0 Å². The van der Waals surface area contributed by atoms with E-state index in [1.54, 1.807) is 20.8 Å². The molecule has 0 aromatic heterocycles. The summed E-state index contributed by atoms with van der Waals surface area (Å²) in [6.07, 6.45) is -1.33. The summed E-state index contributed by atoms with van der Waals surface area (Å²) in [5.74, 6) is -2.02. The van der Waals surface area contributed by atoms with E-state index in [4.69, 9.17) is 9.47 Å². The molecule has 1 aromatic carbocycles. The van der Waals surface area contributed by atoms with Crippen LogP contribution in [0.25, 0.3) is 0 Å². The highest BCUT2D eigenvalue weighted by Crippen LogP contribution is 2.20. The predicted molar refractivity (Wildman–Crippen MR) is 92.5 cm³/mol. The van der Waals surface area contributed by atoms with E-state index in [1.165, 1.54) is 4.90 Å². The van der Waals surface area contributed by atoms with Crippen molar-refractivity contribution in [3.63, 3.8) is 0 Å². The van der Waals surface area contributed by atoms with Gasteiger partial charge < -0.3 is 24.8 Å². The van der Waals surface area contributed by atoms with Gasteiger partial charge in [-0.25, -0.2) is 9.59 Å². The first-order valence-electron chi connectivity index (χ1n) is 8.33. The largest absolute Gasteiger partial charge is 0.481 e. The lowest BCUT2D eigenvalue weighted by molar-refractivity contribution is -0.141. The summed E-state index contributed by atoms with van der Waals surface area (Å²) in [7, 11) is 0. The molecule has 1 aromatic rings. The van der Waals surface area contributed by atoms with Gasteiger partial charge in [0.1, 0.15) is 12.2 Å². The van der Waals surface area contributed by atoms with Crippen LogP contribution in [-0.2, 0) is 20.9 Å². The fourth-order valence-corrected chi connectivity index (χ4v) is 2.62. The number of nitrogens with one attached hydrogen (secondary N) is 1. The van der Waals surface area contributed by atoms with E-state index < -0.39 is 35.7 Å². The standard InChI is InChI=1S/C18H24N2O6/c1-18(2,3)26-16(23)19-14-10-20(9-13(14)15(21)22)17(24)25-11-12-7-5-4-6-8-12/h4-8,13-14H,9-11H2,1-3H3,(H,19,23)(H,21,22)/t13-,14-/m0/s1. The molecule has 2 amide bonds. The van der Waals surface area contributed by atoms with Gasteiger partial charge in [-0.15, -0.1) is 0 Å². The van der Waals surface area contributed by atoms with E-state index in [2.05, 4.69) is 5.32 Å². The number of ether oxygens (including phenoxy) is 2. The number of nitrogens with zero attached hydrogens (tertiary/aromatic N) is 1. The van der Waals surface area contributed by atoms with E-state index in [9.17, 15) is 19.5 Å². The topological polar surface area (TPSA) is 105 Å². The minimum Gasteiger partial charge on any atom is -0.481 e. The number of alkyl carbamates (subject to hydrolysis) is 1. The highest BCUT2D eigenvalue weighted by Gasteiger charge is 2.41. The molecule has 0 saturated carbocycles. The number of amides is 2. The SMILES string of the molecule is CC(C)(C)OC(=O)N[C@H]1CN(C(=O)OCc2ccccc2)C[C@@H]1C(=O)O. The monoisotopic (exact) mass is 364 g/mol. The molecule has 1 fully saturated rings. The molecule has 2 atom stereocenters. The normalized spacial score (nSPS) is 19.7. The zero-order chi connectivity index (χ0) is 19.3. The molecule has 1 aliphatic heterocycles. The number of carbonyl (C=O) groups excluding carboxylic acids is 2. The average molecular weight is 364 g/mol. The second-order valence-electron chi connectivity index (χ2n) is 7.14. The molecule has 0 unspecified atom stereocenters. The molecule has 8 heteroatoms. The highest BCUT2D eigenvalue weighted by molar-refractivity contribution is 5.77. The molecule has 2 N–H and O–H groups in total. The van der Waals surface area contributed by atoms with E-state index >= 15 is 0 Å². The summed E-state index contributed by atoms with van der Waals surface area (Å²) in [5.41, 5.74) is 0.133. The maximum atomic E-state index is 12.2. The Hall–Kier alpha value is -2.77. The lowest BCUT2D eigenvalue weighted by Gasteiger charge is -2.23. The van der Waals surface area contributed by atoms with Gasteiger partial charge in [-0.2, -0.15) is 0 Å². The zero-order valence-electron chi connectivity index (χ0n) is 15.1. The number of aliphatic carboxylic acids is 1. The highest BCUT2D eigenvalue weighted by atomic mass is 16.6. The number of hydrogen-bond acceptors (Lipinski definition) is 5. The predicted octanol–water partition coefficient (Wildman–Crippen LogP) is 2.23. The van der Waals surface area contributed by atoms with Crippen molar-refractivity contribution >= 4 is 18.2 Å². The third kappa shape index (κ3) is 5.65. The quantitative estimate of drug-likeness (QED) is 0.849. The molecule has 0 bridgehead atoms. The number of carbonyl (C=O) groups is 3. The van der Waals surface area contributed by atoms with Gasteiger partial charge in [0.2, 0.25) is 0 Å². The van der Waals surface area contributed by atoms with Crippen molar-refractivity contribution in [2.45, 2.75) is 39.0 Å². The second kappa shape index (κ2) is 8.07. The third-order valence-corrected chi connectivity index (χ3v) is 3.80. The first kappa shape index (κ1) is 19.6. The van der Waals surface area contributed by atoms with Gasteiger partial charge in [0.15, 0.2) is 0 Å². The lowest BCUT2D eigenvalue weighted by Crippen LogP contribution is -2.45. The van der Waals surface area contributed by atoms with Gasteiger partial charge in [-0.3, -0.25) is 4.79 Å². The zero-order valence-corrected chi connectivity index (χ0v) is 15.1. The molecule has 142 valence electrons. The first-order chi connectivity index (χ1) is 12.2. The summed E-state index contributed by atoms with van der Waals surface area (Å²) in [5, 5.41) is 11.9. The van der Waals surface area contributed by atoms with Crippen molar-refractivity contribution in [3.05, 3.63) is 35.9 Å². The molecule has 8 nitrogen and oxygen atoms in total. The summed E-state index contributed by atoms with van der Waals surface area (Å²) in [4.78, 5) is 36.9. The summed E-state index contributed by atoms with van der Waals surface area (Å²) < 4.78 is 10.4. The van der Waals surface area contributed by atoms with Gasteiger partial charge in [0.05, 0.1) is 12.0 Å². The maximum absolute atomic E-state index is 12.2. The Morgan fingerprint density at radius 2 is 1.85 bits per heavy atom. The molecule has 1 heterocycles. The number of hydrogen-bond donors (Lipinski definition) is 2. The molecular weight excluding hydrogens is 340 g/mol. The Bertz CT molecular complexity index is 655. The van der Waals surface area contributed by atoms with Crippen LogP contribution in [0.1, 0.15) is 26.3 Å². The van der Waals surface area contributed by atoms with E-state index in [-0.39, 0.29) is 19.7 Å². The van der Waals surface area contributed by atoms with E-state index in [0.717, 1.165) is 5.56 Å². The van der Waals surface area contributed by atoms with Gasteiger partial charge in [-0.05, 0) is 26.3 Å². The number of likely N-dealkylation sites (tertiary alicyclic amines) is 1. The molecule has 26 heavy (non-hydrogen) atoms. The Balaban J connectivity index is 1.93. The fraction of sp³-hybridized carbons (Fsp3) is 0.500. The van der Waals surface area contributed by atoms with Gasteiger partial charge >= 0.3 is 18.2 Å². The number of rotatable bonds is 4. The number of carboxylic acid groups (broad SMARTS) is 1. The minimum absolute atomic E-state index is 0.0383. The maximum Gasteiger partial charge on any atom is 0.410 e. The van der Waals surface area contributed by atoms with Gasteiger partial charge in [-0.1, -0.05) is 30.3 Å². The smallest absolute Gasteiger partial charge is 0.410 e. The van der Waals surface area contributed by atoms with Crippen molar-refractivity contribution in [1.82, 2.24) is 10.2 Å². The van der Waals surface area contributed by atoms with Crippen LogP contribution in [0.2, 0.25) is 0 Å². The van der Waals surface area contributed by atoms with Crippen LogP contribution in [0, 0.1) is 5.92 Å². The Morgan fingerprint density at radius 1 is 1.19 bits per heavy atom. The summed E-state index contributed by atoms with van der Waals surface area (Å²) >= 11 is 0. The summed E-state index contributed by atoms with van der Waals surface area (Å²) in [6.45, 7) is 5.24. The van der Waals surface area contributed by atoms with Crippen LogP contribution >= 0.6 is 0 Å². The molecule has 0 aliphatic carbocycles. The molecule has 1 saturated heterocycles. The average Bonchev–Trinajstić information content (AvgIpc) is 2.95. The van der Waals surface area contributed by atoms with Crippen LogP contribution in [0.15, 0.2) is 30.3 Å². The Kier molecular flexibility index (Phi) is 6.07. The van der Waals surface area contributed by atoms with E-state index in [1.807, 2.05) is 30.3 Å². The molecule has 0 spiro atoms. The van der Waals surface area contributed by atoms with Crippen LogP contribution in [0.4, 0.5) is 9.59 Å². The van der Waals surface area contributed by atoms with Crippen molar-refractivity contribution in [1.29, 1.82) is 0 Å². The summed E-state index contributed by atoms with van der Waals surface area (Å²) in [6, 6.07) is 8.43. The van der Waals surface area contributed by atoms with E-state index in [0.29, 0.717) is 0 Å².